The van der Waals surface area contributed by atoms with Gasteiger partial charge in [-0.15, -0.1) is 0 Å². The molecule has 0 aliphatic heterocycles. The number of carbonyl (C=O) groups is 1. The molecule has 0 radical (unpaired) electrons. The summed E-state index contributed by atoms with van der Waals surface area (Å²) in [5.41, 5.74) is 0. The maximum Gasteiger partial charge on any atom is 0.472 e. The third-order valence-electron chi connectivity index (χ3n) is 9.17. The molecule has 1 amide bonds. The van der Waals surface area contributed by atoms with Gasteiger partial charge in [0.05, 0.1) is 39.9 Å². The van der Waals surface area contributed by atoms with E-state index < -0.39 is 20.0 Å². The van der Waals surface area contributed by atoms with Crippen molar-refractivity contribution in [3.8, 4) is 0 Å². The van der Waals surface area contributed by atoms with E-state index in [0.717, 1.165) is 51.4 Å². The quantitative estimate of drug-likeness (QED) is 0.0254. The summed E-state index contributed by atoms with van der Waals surface area (Å²) in [4.78, 5) is 22.7. The molecule has 0 spiro atoms. The van der Waals surface area contributed by atoms with Crippen LogP contribution in [0.4, 0.5) is 0 Å². The summed E-state index contributed by atoms with van der Waals surface area (Å²) in [5.74, 6) is -0.200. The van der Waals surface area contributed by atoms with E-state index in [1.165, 1.54) is 109 Å². The minimum Gasteiger partial charge on any atom is -0.387 e. The van der Waals surface area contributed by atoms with Gasteiger partial charge >= 0.3 is 7.82 Å². The van der Waals surface area contributed by atoms with Gasteiger partial charge in [0.15, 0.2) is 0 Å². The second kappa shape index (κ2) is 33.8. The number of allylic oxidation sites excluding steroid dienone is 3. The number of unbranched alkanes of at least 4 members (excludes halogenated alkanes) is 22. The summed E-state index contributed by atoms with van der Waals surface area (Å²) in [6.07, 6.45) is 38.7. The Kier molecular flexibility index (Phi) is 33.1. The fraction of sp³-hybridized carbons (Fsp3) is 0.878. The van der Waals surface area contributed by atoms with Gasteiger partial charge in [-0.25, -0.2) is 4.57 Å². The van der Waals surface area contributed by atoms with Gasteiger partial charge in [-0.05, 0) is 32.1 Å². The highest BCUT2D eigenvalue weighted by atomic mass is 31.2. The summed E-state index contributed by atoms with van der Waals surface area (Å²) < 4.78 is 23.3. The number of aliphatic hydroxyl groups is 1. The highest BCUT2D eigenvalue weighted by Crippen LogP contribution is 2.43. The first-order valence-corrected chi connectivity index (χ1v) is 22.2. The molecule has 50 heavy (non-hydrogen) atoms. The summed E-state index contributed by atoms with van der Waals surface area (Å²) in [6.45, 7) is 4.69. The zero-order chi connectivity index (χ0) is 37.2. The second-order valence-electron chi connectivity index (χ2n) is 15.4. The number of quaternary nitrogens is 1. The molecular weight excluding hydrogens is 647 g/mol. The SMILES string of the molecule is CCCCCCCCCCCCCCCCCCC/C=C/CC/C=C/C(O)C(COP(=O)(O)OCC[N+](C)(C)C)NC(=O)CCCCCCC. The Balaban J connectivity index is 4.21. The van der Waals surface area contributed by atoms with Gasteiger partial charge in [-0.1, -0.05) is 167 Å². The zero-order valence-electron chi connectivity index (χ0n) is 33.4. The Hall–Kier alpha value is -1.02. The average molecular weight is 730 g/mol. The van der Waals surface area contributed by atoms with Crippen molar-refractivity contribution in [1.29, 1.82) is 0 Å². The van der Waals surface area contributed by atoms with Crippen LogP contribution >= 0.6 is 7.82 Å². The lowest BCUT2D eigenvalue weighted by Crippen LogP contribution is -2.45. The number of hydrogen-bond donors (Lipinski definition) is 3. The molecule has 296 valence electrons. The molecule has 3 unspecified atom stereocenters. The number of nitrogens with zero attached hydrogens (tertiary/aromatic N) is 1. The van der Waals surface area contributed by atoms with E-state index >= 15 is 0 Å². The minimum absolute atomic E-state index is 0.0571. The van der Waals surface area contributed by atoms with E-state index in [1.54, 1.807) is 6.08 Å². The fourth-order valence-electron chi connectivity index (χ4n) is 5.82. The number of rotatable bonds is 37. The van der Waals surface area contributed by atoms with E-state index in [0.29, 0.717) is 17.4 Å². The Morgan fingerprint density at radius 1 is 0.660 bits per heavy atom. The highest BCUT2D eigenvalue weighted by molar-refractivity contribution is 7.47. The molecule has 3 N–H and O–H groups in total. The molecule has 0 aromatic rings. The van der Waals surface area contributed by atoms with Crippen LogP contribution in [0.15, 0.2) is 24.3 Å². The van der Waals surface area contributed by atoms with Crippen molar-refractivity contribution < 1.29 is 32.9 Å². The summed E-state index contributed by atoms with van der Waals surface area (Å²) >= 11 is 0. The lowest BCUT2D eigenvalue weighted by atomic mass is 10.0. The van der Waals surface area contributed by atoms with Crippen LogP contribution in [0.25, 0.3) is 0 Å². The maximum absolute atomic E-state index is 12.6. The monoisotopic (exact) mass is 730 g/mol. The van der Waals surface area contributed by atoms with Crippen LogP contribution in [0.2, 0.25) is 0 Å². The van der Waals surface area contributed by atoms with Gasteiger partial charge in [-0.3, -0.25) is 13.8 Å². The molecule has 0 heterocycles. The topological polar surface area (TPSA) is 105 Å². The van der Waals surface area contributed by atoms with Gasteiger partial charge < -0.3 is 19.8 Å². The van der Waals surface area contributed by atoms with Crippen LogP contribution < -0.4 is 5.32 Å². The smallest absolute Gasteiger partial charge is 0.387 e. The van der Waals surface area contributed by atoms with E-state index in [1.807, 2.05) is 27.2 Å². The molecule has 3 atom stereocenters. The average Bonchev–Trinajstić information content (AvgIpc) is 3.06. The second-order valence-corrected chi connectivity index (χ2v) is 16.8. The number of nitrogens with one attached hydrogen (secondary N) is 1. The summed E-state index contributed by atoms with van der Waals surface area (Å²) in [6, 6.07) is -0.855. The molecule has 8 nitrogen and oxygen atoms in total. The molecule has 0 aromatic carbocycles. The van der Waals surface area contributed by atoms with Gasteiger partial charge in [0, 0.05) is 6.42 Å². The van der Waals surface area contributed by atoms with E-state index in [2.05, 4.69) is 31.3 Å². The Morgan fingerprint density at radius 3 is 1.60 bits per heavy atom. The molecule has 0 aliphatic rings. The lowest BCUT2D eigenvalue weighted by molar-refractivity contribution is -0.870. The number of carbonyl (C=O) groups excluding carboxylic acids is 1. The van der Waals surface area contributed by atoms with Crippen LogP contribution in [-0.4, -0.2) is 73.4 Å². The largest absolute Gasteiger partial charge is 0.472 e. The highest BCUT2D eigenvalue weighted by Gasteiger charge is 2.27. The van der Waals surface area contributed by atoms with Crippen molar-refractivity contribution in [1.82, 2.24) is 5.32 Å². The molecule has 0 rings (SSSR count). The van der Waals surface area contributed by atoms with Crippen molar-refractivity contribution in [2.75, 3.05) is 40.9 Å². The van der Waals surface area contributed by atoms with Crippen molar-refractivity contribution in [2.24, 2.45) is 0 Å². The summed E-state index contributed by atoms with van der Waals surface area (Å²) in [7, 11) is 1.55. The zero-order valence-corrected chi connectivity index (χ0v) is 34.3. The third kappa shape index (κ3) is 35.4. The number of phosphoric ester groups is 1. The number of likely N-dealkylation sites (N-methyl/N-ethyl adjacent to an activating group) is 1. The minimum atomic E-state index is -4.33. The molecule has 0 saturated heterocycles. The van der Waals surface area contributed by atoms with Crippen LogP contribution in [0.1, 0.15) is 181 Å². The molecule has 0 bridgehead atoms. The normalized spacial score (nSPS) is 14.8. The first-order valence-electron chi connectivity index (χ1n) is 20.7. The van der Waals surface area contributed by atoms with Gasteiger partial charge in [0.1, 0.15) is 13.2 Å². The fourth-order valence-corrected chi connectivity index (χ4v) is 6.56. The predicted molar refractivity (Wildman–Crippen MR) is 212 cm³/mol. The Morgan fingerprint density at radius 2 is 1.10 bits per heavy atom. The first kappa shape index (κ1) is 49.0. The third-order valence-corrected chi connectivity index (χ3v) is 10.2. The summed E-state index contributed by atoms with van der Waals surface area (Å²) in [5, 5.41) is 13.6. The molecule has 0 saturated carbocycles. The first-order chi connectivity index (χ1) is 24.0. The van der Waals surface area contributed by atoms with Crippen LogP contribution in [0.5, 0.6) is 0 Å². The van der Waals surface area contributed by atoms with Crippen molar-refractivity contribution in [3.05, 3.63) is 24.3 Å². The Labute approximate surface area is 309 Å². The van der Waals surface area contributed by atoms with Crippen molar-refractivity contribution in [2.45, 2.75) is 193 Å². The standard InChI is InChI=1S/C41H81N2O6P/c1-6-8-10-12-13-14-15-16-17-18-19-20-21-22-23-24-25-26-27-28-29-31-32-34-40(44)39(42-41(45)35-33-30-11-9-7-2)38-49-50(46,47)48-37-36-43(3,4)5/h27-28,32,34,39-40,44H,6-26,29-31,33,35-38H2,1-5H3,(H-,42,45,46,47)/p+1/b28-27+,34-32+. The van der Waals surface area contributed by atoms with Gasteiger partial charge in [0.2, 0.25) is 5.91 Å². The van der Waals surface area contributed by atoms with Crippen LogP contribution in [0, 0.1) is 0 Å². The predicted octanol–water partition coefficient (Wildman–Crippen LogP) is 11.0. The van der Waals surface area contributed by atoms with Gasteiger partial charge in [-0.2, -0.15) is 0 Å². The molecule has 0 aliphatic carbocycles. The molecule has 0 fully saturated rings. The number of phosphoric acid groups is 1. The maximum atomic E-state index is 12.6. The van der Waals surface area contributed by atoms with Crippen LogP contribution in [-0.2, 0) is 18.4 Å². The van der Waals surface area contributed by atoms with Crippen molar-refractivity contribution in [3.63, 3.8) is 0 Å². The van der Waals surface area contributed by atoms with E-state index in [-0.39, 0.29) is 19.1 Å². The Bertz CT molecular complexity index is 876. The van der Waals surface area contributed by atoms with E-state index in [4.69, 9.17) is 9.05 Å². The number of amides is 1. The number of hydrogen-bond acceptors (Lipinski definition) is 5. The molecule has 9 heteroatoms. The lowest BCUT2D eigenvalue weighted by Gasteiger charge is -2.25. The van der Waals surface area contributed by atoms with Crippen LogP contribution in [0.3, 0.4) is 0 Å². The molecule has 0 aromatic heterocycles. The number of aliphatic hydroxyl groups excluding tert-OH is 1. The molecular formula is C41H82N2O6P+. The van der Waals surface area contributed by atoms with E-state index in [9.17, 15) is 19.4 Å². The van der Waals surface area contributed by atoms with Crippen molar-refractivity contribution >= 4 is 13.7 Å². The van der Waals surface area contributed by atoms with Gasteiger partial charge in [0.25, 0.3) is 0 Å².